The Morgan fingerprint density at radius 3 is 2.59 bits per heavy atom. The highest BCUT2D eigenvalue weighted by Crippen LogP contribution is 2.42. The van der Waals surface area contributed by atoms with Gasteiger partial charge in [-0.1, -0.05) is 0 Å². The van der Waals surface area contributed by atoms with Gasteiger partial charge in [-0.25, -0.2) is 4.79 Å². The molecular weight excluding hydrogens is 256 g/mol. The summed E-state index contributed by atoms with van der Waals surface area (Å²) in [4.78, 5) is 23.3. The van der Waals surface area contributed by atoms with Crippen LogP contribution in [-0.4, -0.2) is 30.4 Å². The van der Waals surface area contributed by atoms with Gasteiger partial charge in [0.15, 0.2) is 0 Å². The highest BCUT2D eigenvalue weighted by molar-refractivity contribution is 8.22. The van der Waals surface area contributed by atoms with Gasteiger partial charge in [-0.2, -0.15) is 0 Å². The lowest BCUT2D eigenvalue weighted by molar-refractivity contribution is -0.136. The van der Waals surface area contributed by atoms with Gasteiger partial charge in [0.05, 0.1) is 16.9 Å². The lowest BCUT2D eigenvalue weighted by Gasteiger charge is -2.20. The van der Waals surface area contributed by atoms with E-state index < -0.39 is 0 Å². The van der Waals surface area contributed by atoms with Gasteiger partial charge in [-0.15, -0.1) is 23.5 Å². The van der Waals surface area contributed by atoms with E-state index in [-0.39, 0.29) is 17.7 Å². The number of ketones is 1. The molecule has 0 aromatic heterocycles. The van der Waals surface area contributed by atoms with Gasteiger partial charge in [-0.3, -0.25) is 4.79 Å². The Kier molecular flexibility index (Phi) is 4.56. The van der Waals surface area contributed by atoms with Gasteiger partial charge in [0.2, 0.25) is 0 Å². The molecule has 0 aromatic rings. The van der Waals surface area contributed by atoms with Gasteiger partial charge in [-0.05, 0) is 30.3 Å². The number of methoxy groups -OCH3 is 1. The van der Waals surface area contributed by atoms with Gasteiger partial charge in [0.1, 0.15) is 5.78 Å². The smallest absolute Gasteiger partial charge is 0.335 e. The molecule has 0 N–H and O–H groups in total. The standard InChI is InChI=1S/C12H16O3S2/c1-15-11(14)10(8-3-4-9(13)7-8)12-16-5-2-6-17-12/h8H,2-7H2,1H3. The minimum atomic E-state index is -0.249. The second-order valence-corrected chi connectivity index (χ2v) is 6.69. The largest absolute Gasteiger partial charge is 0.466 e. The molecule has 1 heterocycles. The molecule has 0 bridgehead atoms. The molecule has 2 fully saturated rings. The first kappa shape index (κ1) is 13.0. The first-order valence-electron chi connectivity index (χ1n) is 5.82. The minimum absolute atomic E-state index is 0.0862. The molecular formula is C12H16O3S2. The topological polar surface area (TPSA) is 43.4 Å². The van der Waals surface area contributed by atoms with Crippen molar-refractivity contribution in [3.8, 4) is 0 Å². The number of hydrogen-bond acceptors (Lipinski definition) is 5. The lowest BCUT2D eigenvalue weighted by atomic mass is 9.99. The van der Waals surface area contributed by atoms with Crippen molar-refractivity contribution >= 4 is 35.3 Å². The van der Waals surface area contributed by atoms with Crippen molar-refractivity contribution in [1.29, 1.82) is 0 Å². The fraction of sp³-hybridized carbons (Fsp3) is 0.667. The molecule has 0 amide bonds. The molecule has 1 atom stereocenters. The Morgan fingerprint density at radius 1 is 1.35 bits per heavy atom. The van der Waals surface area contributed by atoms with Gasteiger partial charge in [0, 0.05) is 12.8 Å². The Morgan fingerprint density at radius 2 is 2.06 bits per heavy atom. The molecule has 1 aliphatic heterocycles. The van der Waals surface area contributed by atoms with Crippen LogP contribution < -0.4 is 0 Å². The number of ether oxygens (including phenoxy) is 1. The Hall–Kier alpha value is -0.420. The summed E-state index contributed by atoms with van der Waals surface area (Å²) >= 11 is 3.47. The Balaban J connectivity index is 2.23. The molecule has 1 saturated heterocycles. The zero-order valence-electron chi connectivity index (χ0n) is 9.86. The predicted octanol–water partition coefficient (Wildman–Crippen LogP) is 2.61. The maximum absolute atomic E-state index is 11.9. The van der Waals surface area contributed by atoms with Crippen LogP contribution in [0.4, 0.5) is 0 Å². The molecule has 17 heavy (non-hydrogen) atoms. The molecule has 1 aliphatic carbocycles. The third kappa shape index (κ3) is 3.07. The normalized spacial score (nSPS) is 24.9. The van der Waals surface area contributed by atoms with E-state index in [2.05, 4.69) is 0 Å². The van der Waals surface area contributed by atoms with Crippen molar-refractivity contribution in [2.45, 2.75) is 25.7 Å². The molecule has 5 heteroatoms. The van der Waals surface area contributed by atoms with Gasteiger partial charge < -0.3 is 4.74 Å². The molecule has 2 aliphatic rings. The molecule has 0 aromatic carbocycles. The summed E-state index contributed by atoms with van der Waals surface area (Å²) < 4.78 is 5.96. The number of hydrogen-bond donors (Lipinski definition) is 0. The van der Waals surface area contributed by atoms with E-state index in [1.807, 2.05) is 0 Å². The van der Waals surface area contributed by atoms with Crippen LogP contribution in [-0.2, 0) is 14.3 Å². The van der Waals surface area contributed by atoms with E-state index in [0.717, 1.165) is 27.7 Å². The summed E-state index contributed by atoms with van der Waals surface area (Å²) in [7, 11) is 1.41. The van der Waals surface area contributed by atoms with Crippen LogP contribution in [0.5, 0.6) is 0 Å². The van der Waals surface area contributed by atoms with Crippen molar-refractivity contribution in [3.63, 3.8) is 0 Å². The van der Waals surface area contributed by atoms with Crippen molar-refractivity contribution in [3.05, 3.63) is 9.81 Å². The van der Waals surface area contributed by atoms with E-state index in [1.54, 1.807) is 23.5 Å². The summed E-state index contributed by atoms with van der Waals surface area (Å²) in [5.41, 5.74) is 0.757. The number of carbonyl (C=O) groups is 2. The third-order valence-corrected chi connectivity index (χ3v) is 5.69. The van der Waals surface area contributed by atoms with Crippen LogP contribution in [0.2, 0.25) is 0 Å². The quantitative estimate of drug-likeness (QED) is 0.571. The molecule has 0 spiro atoms. The van der Waals surface area contributed by atoms with Crippen LogP contribution in [0, 0.1) is 5.92 Å². The average molecular weight is 272 g/mol. The number of esters is 1. The fourth-order valence-electron chi connectivity index (χ4n) is 2.17. The van der Waals surface area contributed by atoms with E-state index in [1.165, 1.54) is 13.5 Å². The van der Waals surface area contributed by atoms with E-state index >= 15 is 0 Å². The number of thioether (sulfide) groups is 2. The second kappa shape index (κ2) is 5.96. The minimum Gasteiger partial charge on any atom is -0.466 e. The summed E-state index contributed by atoms with van der Waals surface area (Å²) in [5.74, 6) is 2.22. The van der Waals surface area contributed by atoms with Gasteiger partial charge >= 0.3 is 5.97 Å². The van der Waals surface area contributed by atoms with Crippen LogP contribution >= 0.6 is 23.5 Å². The molecule has 1 saturated carbocycles. The van der Waals surface area contributed by atoms with Crippen LogP contribution in [0.25, 0.3) is 0 Å². The summed E-state index contributed by atoms with van der Waals surface area (Å²) in [6, 6.07) is 0. The van der Waals surface area contributed by atoms with Crippen LogP contribution in [0.1, 0.15) is 25.7 Å². The second-order valence-electron chi connectivity index (χ2n) is 4.22. The SMILES string of the molecule is COC(=O)C(=C1SCCCS1)C1CCC(=O)C1. The number of rotatable bonds is 2. The Bertz CT molecular complexity index is 355. The monoisotopic (exact) mass is 272 g/mol. The van der Waals surface area contributed by atoms with E-state index in [0.29, 0.717) is 12.8 Å². The maximum atomic E-state index is 11.9. The zero-order valence-corrected chi connectivity index (χ0v) is 11.5. The zero-order chi connectivity index (χ0) is 12.3. The third-order valence-electron chi connectivity index (χ3n) is 3.03. The molecule has 94 valence electrons. The Labute approximate surface area is 110 Å². The summed E-state index contributed by atoms with van der Waals surface area (Å²) in [6.07, 6.45) is 3.09. The lowest BCUT2D eigenvalue weighted by Crippen LogP contribution is -2.15. The first-order valence-corrected chi connectivity index (χ1v) is 7.79. The van der Waals surface area contributed by atoms with Crippen LogP contribution in [0.3, 0.4) is 0 Å². The van der Waals surface area contributed by atoms with Crippen molar-refractivity contribution in [2.24, 2.45) is 5.92 Å². The van der Waals surface area contributed by atoms with E-state index in [9.17, 15) is 9.59 Å². The highest BCUT2D eigenvalue weighted by Gasteiger charge is 2.32. The summed E-state index contributed by atoms with van der Waals surface area (Å²) in [6.45, 7) is 0. The molecule has 2 rings (SSSR count). The number of carbonyl (C=O) groups excluding carboxylic acids is 2. The highest BCUT2D eigenvalue weighted by atomic mass is 32.2. The molecule has 3 nitrogen and oxygen atoms in total. The van der Waals surface area contributed by atoms with Gasteiger partial charge in [0.25, 0.3) is 0 Å². The molecule has 0 radical (unpaired) electrons. The maximum Gasteiger partial charge on any atom is 0.335 e. The van der Waals surface area contributed by atoms with E-state index in [4.69, 9.17) is 4.74 Å². The predicted molar refractivity (Wildman–Crippen MR) is 70.9 cm³/mol. The van der Waals surface area contributed by atoms with Crippen molar-refractivity contribution in [1.82, 2.24) is 0 Å². The van der Waals surface area contributed by atoms with Crippen molar-refractivity contribution in [2.75, 3.05) is 18.6 Å². The fourth-order valence-corrected chi connectivity index (χ4v) is 4.95. The summed E-state index contributed by atoms with van der Waals surface area (Å²) in [5, 5.41) is 0. The first-order chi connectivity index (χ1) is 8.22. The van der Waals surface area contributed by atoms with Crippen LogP contribution in [0.15, 0.2) is 9.81 Å². The average Bonchev–Trinajstić information content (AvgIpc) is 2.77. The van der Waals surface area contributed by atoms with Crippen molar-refractivity contribution < 1.29 is 14.3 Å². The number of Topliss-reactive ketones (excluding diaryl/α,β-unsaturated/α-hetero) is 1. The molecule has 1 unspecified atom stereocenters.